The van der Waals surface area contributed by atoms with Crippen molar-refractivity contribution in [3.05, 3.63) is 12.2 Å². The SMILES string of the molecule is c1nnc(C2CC2)n1CCNC1C2CCOC2C12CCCC2. The van der Waals surface area contributed by atoms with E-state index >= 15 is 0 Å². The van der Waals surface area contributed by atoms with E-state index in [1.54, 1.807) is 0 Å². The molecule has 22 heavy (non-hydrogen) atoms. The van der Waals surface area contributed by atoms with Crippen LogP contribution in [0.3, 0.4) is 0 Å². The zero-order valence-electron chi connectivity index (χ0n) is 13.2. The van der Waals surface area contributed by atoms with E-state index in [1.807, 2.05) is 6.33 Å². The van der Waals surface area contributed by atoms with Gasteiger partial charge in [0.15, 0.2) is 0 Å². The molecule has 3 atom stereocenters. The summed E-state index contributed by atoms with van der Waals surface area (Å²) < 4.78 is 8.32. The molecule has 120 valence electrons. The number of fused-ring (bicyclic) bond motifs is 2. The third kappa shape index (κ3) is 1.91. The van der Waals surface area contributed by atoms with E-state index in [-0.39, 0.29) is 0 Å². The van der Waals surface area contributed by atoms with Crippen molar-refractivity contribution >= 4 is 0 Å². The number of hydrogen-bond acceptors (Lipinski definition) is 4. The highest BCUT2D eigenvalue weighted by atomic mass is 16.5. The van der Waals surface area contributed by atoms with E-state index in [9.17, 15) is 0 Å². The maximum atomic E-state index is 6.07. The lowest BCUT2D eigenvalue weighted by molar-refractivity contribution is -0.130. The van der Waals surface area contributed by atoms with Crippen molar-refractivity contribution in [1.82, 2.24) is 20.1 Å². The molecule has 4 aliphatic rings. The summed E-state index contributed by atoms with van der Waals surface area (Å²) in [5.41, 5.74) is 0.466. The smallest absolute Gasteiger partial charge is 0.135 e. The van der Waals surface area contributed by atoms with Crippen LogP contribution in [-0.4, -0.2) is 40.1 Å². The summed E-state index contributed by atoms with van der Waals surface area (Å²) in [7, 11) is 0. The van der Waals surface area contributed by atoms with Gasteiger partial charge >= 0.3 is 0 Å². The van der Waals surface area contributed by atoms with Crippen LogP contribution in [0.2, 0.25) is 0 Å². The van der Waals surface area contributed by atoms with Gasteiger partial charge in [0, 0.05) is 43.0 Å². The lowest BCUT2D eigenvalue weighted by Gasteiger charge is -2.57. The van der Waals surface area contributed by atoms with E-state index in [4.69, 9.17) is 4.74 Å². The molecule has 4 fully saturated rings. The van der Waals surface area contributed by atoms with Crippen LogP contribution in [0.1, 0.15) is 56.7 Å². The summed E-state index contributed by atoms with van der Waals surface area (Å²) in [6, 6.07) is 0.684. The van der Waals surface area contributed by atoms with Crippen LogP contribution in [0.25, 0.3) is 0 Å². The lowest BCUT2D eigenvalue weighted by Crippen LogP contribution is -2.67. The third-order valence-corrected chi connectivity index (χ3v) is 6.59. The van der Waals surface area contributed by atoms with Crippen LogP contribution < -0.4 is 5.32 Å². The van der Waals surface area contributed by atoms with Gasteiger partial charge in [-0.05, 0) is 32.1 Å². The zero-order chi connectivity index (χ0) is 14.6. The fraction of sp³-hybridized carbons (Fsp3) is 0.882. The molecule has 1 aliphatic heterocycles. The summed E-state index contributed by atoms with van der Waals surface area (Å²) in [6.45, 7) is 3.02. The first-order chi connectivity index (χ1) is 10.9. The number of aromatic nitrogens is 3. The van der Waals surface area contributed by atoms with Crippen LogP contribution >= 0.6 is 0 Å². The molecular weight excluding hydrogens is 276 g/mol. The second kappa shape index (κ2) is 5.03. The maximum Gasteiger partial charge on any atom is 0.135 e. The Kier molecular flexibility index (Phi) is 3.09. The van der Waals surface area contributed by atoms with Gasteiger partial charge in [0.1, 0.15) is 12.2 Å². The minimum atomic E-state index is 0.466. The molecule has 0 amide bonds. The summed E-state index contributed by atoms with van der Waals surface area (Å²) >= 11 is 0. The van der Waals surface area contributed by atoms with Crippen LogP contribution in [0.5, 0.6) is 0 Å². The molecule has 0 radical (unpaired) electrons. The molecule has 3 saturated carbocycles. The predicted molar refractivity (Wildman–Crippen MR) is 82.5 cm³/mol. The van der Waals surface area contributed by atoms with Gasteiger partial charge in [0.05, 0.1) is 6.10 Å². The Morgan fingerprint density at radius 3 is 2.95 bits per heavy atom. The minimum Gasteiger partial charge on any atom is -0.377 e. The first-order valence-electron chi connectivity index (χ1n) is 9.11. The first-order valence-corrected chi connectivity index (χ1v) is 9.11. The molecule has 0 aromatic carbocycles. The second-order valence-corrected chi connectivity index (χ2v) is 7.77. The van der Waals surface area contributed by atoms with Crippen molar-refractivity contribution in [2.45, 2.75) is 69.6 Å². The van der Waals surface area contributed by atoms with E-state index in [0.717, 1.165) is 25.6 Å². The van der Waals surface area contributed by atoms with E-state index in [2.05, 4.69) is 20.1 Å². The Balaban J connectivity index is 1.23. The summed E-state index contributed by atoms with van der Waals surface area (Å²) in [5.74, 6) is 2.65. The third-order valence-electron chi connectivity index (χ3n) is 6.59. The van der Waals surface area contributed by atoms with E-state index in [0.29, 0.717) is 23.5 Å². The lowest BCUT2D eigenvalue weighted by atomic mass is 9.54. The van der Waals surface area contributed by atoms with E-state index in [1.165, 1.54) is 50.8 Å². The van der Waals surface area contributed by atoms with Crippen molar-refractivity contribution in [3.63, 3.8) is 0 Å². The molecular formula is C17H26N4O. The summed E-state index contributed by atoms with van der Waals surface area (Å²) in [5, 5.41) is 12.3. The van der Waals surface area contributed by atoms with Crippen LogP contribution in [-0.2, 0) is 11.3 Å². The molecule has 5 nitrogen and oxygen atoms in total. The van der Waals surface area contributed by atoms with Gasteiger partial charge in [-0.15, -0.1) is 10.2 Å². The van der Waals surface area contributed by atoms with Crippen molar-refractivity contribution in [3.8, 4) is 0 Å². The van der Waals surface area contributed by atoms with Crippen LogP contribution in [0, 0.1) is 11.3 Å². The van der Waals surface area contributed by atoms with Crippen LogP contribution in [0.15, 0.2) is 6.33 Å². The number of nitrogens with zero attached hydrogens (tertiary/aromatic N) is 3. The fourth-order valence-electron chi connectivity index (χ4n) is 5.44. The Bertz CT molecular complexity index is 547. The van der Waals surface area contributed by atoms with Gasteiger partial charge in [0.2, 0.25) is 0 Å². The number of hydrogen-bond donors (Lipinski definition) is 1. The van der Waals surface area contributed by atoms with Gasteiger partial charge in [-0.2, -0.15) is 0 Å². The molecule has 5 heteroatoms. The van der Waals surface area contributed by atoms with Crippen molar-refractivity contribution in [2.24, 2.45) is 11.3 Å². The van der Waals surface area contributed by atoms with Gasteiger partial charge in [-0.3, -0.25) is 0 Å². The molecule has 2 heterocycles. The summed E-state index contributed by atoms with van der Waals surface area (Å²) in [4.78, 5) is 0. The number of rotatable bonds is 5. The molecule has 1 spiro atoms. The molecule has 0 bridgehead atoms. The molecule has 1 aromatic rings. The van der Waals surface area contributed by atoms with Gasteiger partial charge < -0.3 is 14.6 Å². The maximum absolute atomic E-state index is 6.07. The number of ether oxygens (including phenoxy) is 1. The Hall–Kier alpha value is -0.940. The molecule has 1 aromatic heterocycles. The number of nitrogens with one attached hydrogen (secondary N) is 1. The monoisotopic (exact) mass is 302 g/mol. The average molecular weight is 302 g/mol. The highest BCUT2D eigenvalue weighted by molar-refractivity contribution is 5.16. The average Bonchev–Trinajstić information content (AvgIpc) is 2.99. The molecule has 5 rings (SSSR count). The normalized spacial score (nSPS) is 35.7. The predicted octanol–water partition coefficient (Wildman–Crippen LogP) is 2.09. The first kappa shape index (κ1) is 13.5. The Morgan fingerprint density at radius 1 is 1.27 bits per heavy atom. The second-order valence-electron chi connectivity index (χ2n) is 7.77. The molecule has 3 unspecified atom stereocenters. The van der Waals surface area contributed by atoms with Crippen molar-refractivity contribution in [1.29, 1.82) is 0 Å². The van der Waals surface area contributed by atoms with Crippen LogP contribution in [0.4, 0.5) is 0 Å². The molecule has 1 N–H and O–H groups in total. The molecule has 1 saturated heterocycles. The summed E-state index contributed by atoms with van der Waals surface area (Å²) in [6.07, 6.45) is 11.8. The minimum absolute atomic E-state index is 0.466. The highest BCUT2D eigenvalue weighted by Crippen LogP contribution is 2.60. The van der Waals surface area contributed by atoms with Gasteiger partial charge in [0.25, 0.3) is 0 Å². The fourth-order valence-corrected chi connectivity index (χ4v) is 5.44. The molecule has 3 aliphatic carbocycles. The Morgan fingerprint density at radius 2 is 2.14 bits per heavy atom. The quantitative estimate of drug-likeness (QED) is 0.905. The standard InChI is InChI=1S/C17H26N4O/c1-2-7-17(6-1)14(13-5-10-22-15(13)17)18-8-9-21-11-19-20-16(21)12-3-4-12/h11-15,18H,1-10H2. The van der Waals surface area contributed by atoms with Crippen molar-refractivity contribution in [2.75, 3.05) is 13.2 Å². The largest absolute Gasteiger partial charge is 0.377 e. The van der Waals surface area contributed by atoms with Gasteiger partial charge in [-0.1, -0.05) is 12.8 Å². The Labute approximate surface area is 131 Å². The zero-order valence-corrected chi connectivity index (χ0v) is 13.2. The highest BCUT2D eigenvalue weighted by Gasteiger charge is 2.64. The van der Waals surface area contributed by atoms with E-state index < -0.39 is 0 Å². The van der Waals surface area contributed by atoms with Gasteiger partial charge in [-0.25, -0.2) is 0 Å². The van der Waals surface area contributed by atoms with Crippen molar-refractivity contribution < 1.29 is 4.74 Å². The topological polar surface area (TPSA) is 52.0 Å².